The SMILES string of the molecule is Cc1nc(Sc2c(F)c(F)nc(F)c2F)oc1C. The highest BCUT2D eigenvalue weighted by Gasteiger charge is 2.23. The number of hydrogen-bond donors (Lipinski definition) is 0. The van der Waals surface area contributed by atoms with Crippen molar-refractivity contribution in [3.8, 4) is 0 Å². The van der Waals surface area contributed by atoms with Gasteiger partial charge in [-0.1, -0.05) is 0 Å². The number of aryl methyl sites for hydroxylation is 2. The van der Waals surface area contributed by atoms with Crippen molar-refractivity contribution in [1.29, 1.82) is 0 Å². The van der Waals surface area contributed by atoms with Crippen LogP contribution in [-0.2, 0) is 0 Å². The molecule has 2 rings (SSSR count). The molecule has 0 aromatic carbocycles. The molecule has 0 aliphatic heterocycles. The Morgan fingerprint density at radius 1 is 0.944 bits per heavy atom. The molecule has 96 valence electrons. The predicted octanol–water partition coefficient (Wildman–Crippen LogP) is 3.39. The second kappa shape index (κ2) is 4.60. The van der Waals surface area contributed by atoms with Gasteiger partial charge in [0.1, 0.15) is 5.76 Å². The van der Waals surface area contributed by atoms with Crippen LogP contribution in [0.1, 0.15) is 11.5 Å². The summed E-state index contributed by atoms with van der Waals surface area (Å²) in [5.41, 5.74) is 0.522. The molecule has 0 saturated carbocycles. The standard InChI is InChI=1S/C10H6F4N2OS/c1-3-4(2)17-10(15-3)18-7-5(11)8(13)16-9(14)6(7)12/h1-2H3. The summed E-state index contributed by atoms with van der Waals surface area (Å²) in [7, 11) is 0. The maximum absolute atomic E-state index is 13.3. The van der Waals surface area contributed by atoms with Gasteiger partial charge in [-0.3, -0.25) is 0 Å². The van der Waals surface area contributed by atoms with Gasteiger partial charge in [0, 0.05) is 0 Å². The lowest BCUT2D eigenvalue weighted by Gasteiger charge is -2.02. The third kappa shape index (κ3) is 2.20. The monoisotopic (exact) mass is 278 g/mol. The van der Waals surface area contributed by atoms with Crippen LogP contribution in [0, 0.1) is 37.4 Å². The Hall–Kier alpha value is -1.57. The Labute approximate surface area is 103 Å². The molecule has 0 saturated heterocycles. The zero-order valence-electron chi connectivity index (χ0n) is 9.22. The number of nitrogens with zero attached hydrogens (tertiary/aromatic N) is 2. The molecule has 0 fully saturated rings. The average molecular weight is 278 g/mol. The molecule has 0 aliphatic carbocycles. The molecule has 3 nitrogen and oxygen atoms in total. The smallest absolute Gasteiger partial charge is 0.261 e. The van der Waals surface area contributed by atoms with Crippen LogP contribution in [0.5, 0.6) is 0 Å². The highest BCUT2D eigenvalue weighted by molar-refractivity contribution is 7.99. The fraction of sp³-hybridized carbons (Fsp3) is 0.200. The van der Waals surface area contributed by atoms with Gasteiger partial charge in [0.25, 0.3) is 17.1 Å². The van der Waals surface area contributed by atoms with E-state index < -0.39 is 28.4 Å². The molecule has 18 heavy (non-hydrogen) atoms. The highest BCUT2D eigenvalue weighted by atomic mass is 32.2. The molecule has 0 amide bonds. The average Bonchev–Trinajstić information content (AvgIpc) is 2.62. The van der Waals surface area contributed by atoms with Gasteiger partial charge in [-0.05, 0) is 25.6 Å². The van der Waals surface area contributed by atoms with Gasteiger partial charge < -0.3 is 4.42 Å². The summed E-state index contributed by atoms with van der Waals surface area (Å²) in [4.78, 5) is 5.42. The van der Waals surface area contributed by atoms with Gasteiger partial charge in [-0.2, -0.15) is 13.8 Å². The van der Waals surface area contributed by atoms with Crippen molar-refractivity contribution in [3.05, 3.63) is 35.0 Å². The Balaban J connectivity index is 2.45. The van der Waals surface area contributed by atoms with E-state index in [1.165, 1.54) is 0 Å². The summed E-state index contributed by atoms with van der Waals surface area (Å²) in [6.45, 7) is 3.23. The van der Waals surface area contributed by atoms with E-state index in [0.29, 0.717) is 23.2 Å². The van der Waals surface area contributed by atoms with Crippen LogP contribution in [-0.4, -0.2) is 9.97 Å². The maximum atomic E-state index is 13.3. The topological polar surface area (TPSA) is 38.9 Å². The van der Waals surface area contributed by atoms with Crippen LogP contribution >= 0.6 is 11.8 Å². The van der Waals surface area contributed by atoms with Crippen molar-refractivity contribution < 1.29 is 22.0 Å². The molecule has 0 radical (unpaired) electrons. The van der Waals surface area contributed by atoms with E-state index in [1.54, 1.807) is 13.8 Å². The van der Waals surface area contributed by atoms with E-state index in [9.17, 15) is 17.6 Å². The van der Waals surface area contributed by atoms with Crippen LogP contribution in [0.2, 0.25) is 0 Å². The summed E-state index contributed by atoms with van der Waals surface area (Å²) >= 11 is 0.356. The Morgan fingerprint density at radius 2 is 1.50 bits per heavy atom. The zero-order chi connectivity index (χ0) is 13.4. The minimum absolute atomic E-state index is 0.104. The first kappa shape index (κ1) is 12.9. The number of hydrogen-bond acceptors (Lipinski definition) is 4. The zero-order valence-corrected chi connectivity index (χ0v) is 10.0. The minimum atomic E-state index is -1.71. The Morgan fingerprint density at radius 3 is 1.94 bits per heavy atom. The molecule has 0 N–H and O–H groups in total. The second-order valence-electron chi connectivity index (χ2n) is 3.37. The van der Waals surface area contributed by atoms with E-state index in [0.717, 1.165) is 0 Å². The van der Waals surface area contributed by atoms with Crippen molar-refractivity contribution in [1.82, 2.24) is 9.97 Å². The van der Waals surface area contributed by atoms with Crippen molar-refractivity contribution >= 4 is 11.8 Å². The van der Waals surface area contributed by atoms with Crippen molar-refractivity contribution in [2.45, 2.75) is 24.0 Å². The Kier molecular flexibility index (Phi) is 3.29. The van der Waals surface area contributed by atoms with Crippen molar-refractivity contribution in [2.75, 3.05) is 0 Å². The van der Waals surface area contributed by atoms with Gasteiger partial charge in [0.05, 0.1) is 10.6 Å². The first-order valence-electron chi connectivity index (χ1n) is 4.72. The summed E-state index contributed by atoms with van der Waals surface area (Å²) in [5.74, 6) is -6.12. The van der Waals surface area contributed by atoms with Crippen LogP contribution in [0.15, 0.2) is 14.5 Å². The minimum Gasteiger partial charge on any atom is -0.436 e. The molecule has 0 aliphatic rings. The summed E-state index contributed by atoms with van der Waals surface area (Å²) < 4.78 is 57.4. The second-order valence-corrected chi connectivity index (χ2v) is 4.34. The van der Waals surface area contributed by atoms with Gasteiger partial charge in [-0.15, -0.1) is 0 Å². The molecule has 0 atom stereocenters. The van der Waals surface area contributed by atoms with Gasteiger partial charge >= 0.3 is 0 Å². The number of pyridine rings is 1. The summed E-state index contributed by atoms with van der Waals surface area (Å²) in [5, 5.41) is -0.104. The first-order chi connectivity index (χ1) is 8.40. The third-order valence-corrected chi connectivity index (χ3v) is 3.07. The maximum Gasteiger partial charge on any atom is 0.261 e. The molecule has 8 heteroatoms. The van der Waals surface area contributed by atoms with Crippen LogP contribution in [0.4, 0.5) is 17.6 Å². The molecule has 0 spiro atoms. The van der Waals surface area contributed by atoms with Crippen LogP contribution in [0.25, 0.3) is 0 Å². The lowest BCUT2D eigenvalue weighted by atomic mass is 10.4. The van der Waals surface area contributed by atoms with Gasteiger partial charge in [0.2, 0.25) is 0 Å². The van der Waals surface area contributed by atoms with E-state index in [-0.39, 0.29) is 5.22 Å². The lowest BCUT2D eigenvalue weighted by Crippen LogP contribution is -2.01. The number of halogens is 4. The molecule has 0 bridgehead atoms. The molecule has 2 aromatic rings. The number of oxazole rings is 1. The van der Waals surface area contributed by atoms with Crippen molar-refractivity contribution in [2.24, 2.45) is 0 Å². The van der Waals surface area contributed by atoms with Crippen LogP contribution in [0.3, 0.4) is 0 Å². The third-order valence-electron chi connectivity index (χ3n) is 2.16. The fourth-order valence-electron chi connectivity index (χ4n) is 1.13. The number of aromatic nitrogens is 2. The quantitative estimate of drug-likeness (QED) is 0.623. The van der Waals surface area contributed by atoms with Gasteiger partial charge in [-0.25, -0.2) is 13.8 Å². The van der Waals surface area contributed by atoms with Crippen LogP contribution < -0.4 is 0 Å². The van der Waals surface area contributed by atoms with E-state index in [1.807, 2.05) is 0 Å². The normalized spacial score (nSPS) is 11.0. The molecule has 2 aromatic heterocycles. The number of rotatable bonds is 2. The first-order valence-corrected chi connectivity index (χ1v) is 5.53. The fourth-order valence-corrected chi connectivity index (χ4v) is 2.00. The molecular formula is C10H6F4N2OS. The predicted molar refractivity (Wildman–Crippen MR) is 54.2 cm³/mol. The summed E-state index contributed by atoms with van der Waals surface area (Å²) in [6, 6.07) is 0. The van der Waals surface area contributed by atoms with E-state index in [4.69, 9.17) is 4.42 Å². The molecular weight excluding hydrogens is 272 g/mol. The molecule has 0 unspecified atom stereocenters. The van der Waals surface area contributed by atoms with E-state index >= 15 is 0 Å². The largest absolute Gasteiger partial charge is 0.436 e. The summed E-state index contributed by atoms with van der Waals surface area (Å²) in [6.07, 6.45) is 0. The van der Waals surface area contributed by atoms with Crippen molar-refractivity contribution in [3.63, 3.8) is 0 Å². The Bertz CT molecular complexity index is 569. The highest BCUT2D eigenvalue weighted by Crippen LogP contribution is 2.33. The lowest BCUT2D eigenvalue weighted by molar-refractivity contribution is 0.381. The van der Waals surface area contributed by atoms with E-state index in [2.05, 4.69) is 9.97 Å². The van der Waals surface area contributed by atoms with Gasteiger partial charge in [0.15, 0.2) is 11.6 Å². The molecule has 2 heterocycles.